The predicted molar refractivity (Wildman–Crippen MR) is 71.3 cm³/mol. The number of hydrogen-bond donors (Lipinski definition) is 1. The maximum Gasteiger partial charge on any atom is 0.153 e. The summed E-state index contributed by atoms with van der Waals surface area (Å²) >= 11 is 0. The number of nitrogens with zero attached hydrogens (tertiary/aromatic N) is 1. The summed E-state index contributed by atoms with van der Waals surface area (Å²) in [5.74, 6) is 0.928. The molecule has 1 N–H and O–H groups in total. The zero-order valence-corrected chi connectivity index (χ0v) is 12.5. The van der Waals surface area contributed by atoms with E-state index >= 15 is 0 Å². The lowest BCUT2D eigenvalue weighted by molar-refractivity contribution is 0.390. The van der Waals surface area contributed by atoms with E-state index in [2.05, 4.69) is 10.5 Å². The van der Waals surface area contributed by atoms with Crippen molar-refractivity contribution in [2.75, 3.05) is 12.3 Å². The fraction of sp³-hybridized carbons (Fsp3) is 0.750. The minimum Gasteiger partial charge on any atom is -0.361 e. The summed E-state index contributed by atoms with van der Waals surface area (Å²) in [5, 5.41) is 6.76. The van der Waals surface area contributed by atoms with Gasteiger partial charge in [0.05, 0.1) is 16.7 Å². The van der Waals surface area contributed by atoms with Gasteiger partial charge in [-0.05, 0) is 34.6 Å². The van der Waals surface area contributed by atoms with Crippen LogP contribution in [-0.2, 0) is 9.84 Å². The Morgan fingerprint density at radius 1 is 1.28 bits per heavy atom. The van der Waals surface area contributed by atoms with Gasteiger partial charge in [0, 0.05) is 18.2 Å². The molecule has 0 aliphatic heterocycles. The van der Waals surface area contributed by atoms with Crippen LogP contribution in [0.1, 0.15) is 43.8 Å². The van der Waals surface area contributed by atoms with Gasteiger partial charge in [0.2, 0.25) is 0 Å². The fourth-order valence-corrected chi connectivity index (χ4v) is 2.74. The van der Waals surface area contributed by atoms with E-state index in [1.54, 1.807) is 13.8 Å². The van der Waals surface area contributed by atoms with Crippen molar-refractivity contribution < 1.29 is 12.9 Å². The van der Waals surface area contributed by atoms with Crippen LogP contribution in [0.3, 0.4) is 0 Å². The predicted octanol–water partition coefficient (Wildman–Crippen LogP) is 1.77. The standard InChI is InChI=1S/C12H22N2O3S/c1-8(2)18(15,16)7-6-13-9(3)12-10(4)14-17-11(12)5/h8-9,13H,6-7H2,1-5H3. The molecule has 1 heterocycles. The van der Waals surface area contributed by atoms with Gasteiger partial charge in [-0.15, -0.1) is 0 Å². The molecule has 0 radical (unpaired) electrons. The first kappa shape index (κ1) is 15.2. The lowest BCUT2D eigenvalue weighted by Crippen LogP contribution is -2.29. The molecule has 1 atom stereocenters. The van der Waals surface area contributed by atoms with Crippen LogP contribution in [0.25, 0.3) is 0 Å². The Morgan fingerprint density at radius 2 is 1.89 bits per heavy atom. The van der Waals surface area contributed by atoms with Crippen LogP contribution >= 0.6 is 0 Å². The van der Waals surface area contributed by atoms with E-state index in [0.29, 0.717) is 6.54 Å². The van der Waals surface area contributed by atoms with Crippen molar-refractivity contribution in [1.29, 1.82) is 0 Å². The number of hydrogen-bond acceptors (Lipinski definition) is 5. The van der Waals surface area contributed by atoms with Crippen molar-refractivity contribution in [2.45, 2.75) is 45.9 Å². The van der Waals surface area contributed by atoms with Gasteiger partial charge in [0.1, 0.15) is 5.76 Å². The summed E-state index contributed by atoms with van der Waals surface area (Å²) in [5.41, 5.74) is 1.86. The molecule has 104 valence electrons. The lowest BCUT2D eigenvalue weighted by atomic mass is 10.1. The Bertz CT molecular complexity index is 472. The van der Waals surface area contributed by atoms with Gasteiger partial charge in [0.15, 0.2) is 9.84 Å². The Hall–Kier alpha value is -0.880. The average molecular weight is 274 g/mol. The second-order valence-corrected chi connectivity index (χ2v) is 7.51. The monoisotopic (exact) mass is 274 g/mol. The summed E-state index contributed by atoms with van der Waals surface area (Å²) in [4.78, 5) is 0. The van der Waals surface area contributed by atoms with E-state index in [0.717, 1.165) is 17.0 Å². The minimum atomic E-state index is -2.98. The molecule has 0 aliphatic carbocycles. The molecule has 0 saturated carbocycles. The zero-order chi connectivity index (χ0) is 13.9. The third-order valence-electron chi connectivity index (χ3n) is 3.08. The van der Waals surface area contributed by atoms with E-state index in [9.17, 15) is 8.42 Å². The first-order valence-corrected chi connectivity index (χ1v) is 7.85. The third kappa shape index (κ3) is 3.55. The maximum atomic E-state index is 11.7. The first-order valence-electron chi connectivity index (χ1n) is 6.13. The second kappa shape index (κ2) is 5.84. The van der Waals surface area contributed by atoms with Crippen LogP contribution in [0.4, 0.5) is 0 Å². The van der Waals surface area contributed by atoms with Gasteiger partial charge in [-0.25, -0.2) is 8.42 Å². The van der Waals surface area contributed by atoms with E-state index in [1.165, 1.54) is 0 Å². The topological polar surface area (TPSA) is 72.2 Å². The molecule has 0 fully saturated rings. The van der Waals surface area contributed by atoms with Crippen LogP contribution in [0.5, 0.6) is 0 Å². The first-order chi connectivity index (χ1) is 8.25. The molecule has 0 spiro atoms. The minimum absolute atomic E-state index is 0.0404. The highest BCUT2D eigenvalue weighted by Gasteiger charge is 2.18. The van der Waals surface area contributed by atoms with Crippen molar-refractivity contribution >= 4 is 9.84 Å². The quantitative estimate of drug-likeness (QED) is 0.856. The molecule has 0 aromatic carbocycles. The molecule has 1 aromatic rings. The summed E-state index contributed by atoms with van der Waals surface area (Å²) in [6.45, 7) is 9.56. The van der Waals surface area contributed by atoms with Crippen molar-refractivity contribution in [3.05, 3.63) is 17.0 Å². The SMILES string of the molecule is Cc1noc(C)c1C(C)NCCS(=O)(=O)C(C)C. The van der Waals surface area contributed by atoms with Crippen LogP contribution < -0.4 is 5.32 Å². The molecule has 1 rings (SSSR count). The third-order valence-corrected chi connectivity index (χ3v) is 5.29. The zero-order valence-electron chi connectivity index (χ0n) is 11.6. The Labute approximate surface area is 109 Å². The van der Waals surface area contributed by atoms with Crippen LogP contribution in [0.2, 0.25) is 0 Å². The second-order valence-electron chi connectivity index (χ2n) is 4.83. The Balaban J connectivity index is 2.56. The molecule has 18 heavy (non-hydrogen) atoms. The Kier molecular flexibility index (Phi) is 4.92. The number of sulfone groups is 1. The molecular formula is C12H22N2O3S. The molecule has 0 aliphatic rings. The Morgan fingerprint density at radius 3 is 2.33 bits per heavy atom. The highest BCUT2D eigenvalue weighted by Crippen LogP contribution is 2.20. The van der Waals surface area contributed by atoms with Crippen LogP contribution in [0.15, 0.2) is 4.52 Å². The summed E-state index contributed by atoms with van der Waals surface area (Å²) < 4.78 is 28.4. The molecule has 0 amide bonds. The smallest absolute Gasteiger partial charge is 0.153 e. The van der Waals surface area contributed by atoms with Crippen LogP contribution in [-0.4, -0.2) is 31.1 Å². The summed E-state index contributed by atoms with van der Waals surface area (Å²) in [6, 6.07) is 0.0404. The van der Waals surface area contributed by atoms with Crippen molar-refractivity contribution in [3.8, 4) is 0 Å². The maximum absolute atomic E-state index is 11.7. The highest BCUT2D eigenvalue weighted by molar-refractivity contribution is 7.92. The number of aromatic nitrogens is 1. The molecule has 0 bridgehead atoms. The van der Waals surface area contributed by atoms with Crippen molar-refractivity contribution in [2.24, 2.45) is 0 Å². The largest absolute Gasteiger partial charge is 0.361 e. The van der Waals surface area contributed by atoms with E-state index in [-0.39, 0.29) is 17.0 Å². The molecule has 0 saturated heterocycles. The summed E-state index contributed by atoms with van der Waals surface area (Å²) in [6.07, 6.45) is 0. The number of nitrogens with one attached hydrogen (secondary N) is 1. The average Bonchev–Trinajstić information content (AvgIpc) is 2.58. The van der Waals surface area contributed by atoms with Gasteiger partial charge in [-0.3, -0.25) is 0 Å². The van der Waals surface area contributed by atoms with Gasteiger partial charge < -0.3 is 9.84 Å². The van der Waals surface area contributed by atoms with E-state index in [1.807, 2.05) is 20.8 Å². The van der Waals surface area contributed by atoms with E-state index < -0.39 is 9.84 Å². The lowest BCUT2D eigenvalue weighted by Gasteiger charge is -2.14. The molecule has 5 nitrogen and oxygen atoms in total. The van der Waals surface area contributed by atoms with Gasteiger partial charge in [0.25, 0.3) is 0 Å². The van der Waals surface area contributed by atoms with Crippen molar-refractivity contribution in [1.82, 2.24) is 10.5 Å². The number of aryl methyl sites for hydroxylation is 2. The summed E-state index contributed by atoms with van der Waals surface area (Å²) in [7, 11) is -2.98. The highest BCUT2D eigenvalue weighted by atomic mass is 32.2. The number of rotatable bonds is 6. The fourth-order valence-electron chi connectivity index (χ4n) is 1.86. The van der Waals surface area contributed by atoms with Gasteiger partial charge >= 0.3 is 0 Å². The molecule has 1 aromatic heterocycles. The normalized spacial score (nSPS) is 14.1. The van der Waals surface area contributed by atoms with Crippen LogP contribution in [0, 0.1) is 13.8 Å². The van der Waals surface area contributed by atoms with Gasteiger partial charge in [-0.2, -0.15) is 0 Å². The van der Waals surface area contributed by atoms with E-state index in [4.69, 9.17) is 4.52 Å². The molecule has 6 heteroatoms. The van der Waals surface area contributed by atoms with Gasteiger partial charge in [-0.1, -0.05) is 5.16 Å². The van der Waals surface area contributed by atoms with Crippen molar-refractivity contribution in [3.63, 3.8) is 0 Å². The molecule has 1 unspecified atom stereocenters. The molecular weight excluding hydrogens is 252 g/mol.